The van der Waals surface area contributed by atoms with Crippen LogP contribution in [0.25, 0.3) is 0 Å². The van der Waals surface area contributed by atoms with E-state index in [4.69, 9.17) is 10.7 Å². The molecule has 1 amide bonds. The Balaban J connectivity index is 3.15. The number of carbonyl (C=O) groups is 1. The standard InChI is InChI=1S/C13H17BrClNO3S/c1-4-13(3,5-2)16-12(17)9-6-10(14)8-11(7-9)20(15,18)19/h6-8H,4-5H2,1-3H3,(H,16,17). The third kappa shape index (κ3) is 4.46. The molecule has 0 aliphatic rings. The first-order valence-corrected chi connectivity index (χ1v) is 9.29. The van der Waals surface area contributed by atoms with E-state index in [0.29, 0.717) is 4.47 Å². The summed E-state index contributed by atoms with van der Waals surface area (Å²) < 4.78 is 23.2. The number of nitrogens with one attached hydrogen (secondary N) is 1. The summed E-state index contributed by atoms with van der Waals surface area (Å²) in [4.78, 5) is 12.1. The zero-order valence-corrected chi connectivity index (χ0v) is 14.7. The molecule has 1 rings (SSSR count). The lowest BCUT2D eigenvalue weighted by Crippen LogP contribution is -2.44. The van der Waals surface area contributed by atoms with Crippen molar-refractivity contribution in [2.75, 3.05) is 0 Å². The summed E-state index contributed by atoms with van der Waals surface area (Å²) >= 11 is 3.18. The van der Waals surface area contributed by atoms with E-state index in [2.05, 4.69) is 21.2 Å². The van der Waals surface area contributed by atoms with Crippen molar-refractivity contribution in [3.05, 3.63) is 28.2 Å². The molecule has 0 saturated carbocycles. The first-order valence-electron chi connectivity index (χ1n) is 6.19. The maximum Gasteiger partial charge on any atom is 0.261 e. The minimum absolute atomic E-state index is 0.103. The van der Waals surface area contributed by atoms with Gasteiger partial charge in [-0.15, -0.1) is 0 Å². The Hall–Kier alpha value is -0.590. The molecule has 0 unspecified atom stereocenters. The van der Waals surface area contributed by atoms with Gasteiger partial charge in [-0.25, -0.2) is 8.42 Å². The van der Waals surface area contributed by atoms with E-state index in [1.807, 2.05) is 20.8 Å². The molecule has 1 aromatic carbocycles. The van der Waals surface area contributed by atoms with E-state index < -0.39 is 9.05 Å². The Morgan fingerprint density at radius 2 is 1.85 bits per heavy atom. The number of hydrogen-bond donors (Lipinski definition) is 1. The van der Waals surface area contributed by atoms with Crippen molar-refractivity contribution in [1.29, 1.82) is 0 Å². The van der Waals surface area contributed by atoms with E-state index >= 15 is 0 Å². The van der Waals surface area contributed by atoms with Crippen LogP contribution in [0.2, 0.25) is 0 Å². The normalized spacial score (nSPS) is 12.2. The van der Waals surface area contributed by atoms with Crippen LogP contribution in [-0.4, -0.2) is 19.9 Å². The molecule has 0 aliphatic carbocycles. The second-order valence-electron chi connectivity index (χ2n) is 4.84. The SMILES string of the molecule is CCC(C)(CC)NC(=O)c1cc(Br)cc(S(=O)(=O)Cl)c1. The molecule has 0 atom stereocenters. The number of amides is 1. The molecule has 0 aromatic heterocycles. The van der Waals surface area contributed by atoms with Gasteiger partial charge in [-0.2, -0.15) is 0 Å². The van der Waals surface area contributed by atoms with Gasteiger partial charge in [0.1, 0.15) is 0 Å². The van der Waals surface area contributed by atoms with Crippen molar-refractivity contribution < 1.29 is 13.2 Å². The average Bonchev–Trinajstić information content (AvgIpc) is 2.36. The van der Waals surface area contributed by atoms with Crippen molar-refractivity contribution >= 4 is 41.6 Å². The van der Waals surface area contributed by atoms with Gasteiger partial charge in [0.2, 0.25) is 0 Å². The third-order valence-electron chi connectivity index (χ3n) is 3.39. The van der Waals surface area contributed by atoms with Crippen LogP contribution >= 0.6 is 26.6 Å². The Labute approximate surface area is 132 Å². The molecule has 20 heavy (non-hydrogen) atoms. The van der Waals surface area contributed by atoms with Crippen LogP contribution < -0.4 is 5.32 Å². The zero-order valence-electron chi connectivity index (χ0n) is 11.5. The maximum atomic E-state index is 12.2. The smallest absolute Gasteiger partial charge is 0.261 e. The lowest BCUT2D eigenvalue weighted by Gasteiger charge is -2.28. The summed E-state index contributed by atoms with van der Waals surface area (Å²) in [6.07, 6.45) is 1.56. The summed E-state index contributed by atoms with van der Waals surface area (Å²) in [6.45, 7) is 5.92. The number of hydrogen-bond acceptors (Lipinski definition) is 3. The fourth-order valence-electron chi connectivity index (χ4n) is 1.61. The van der Waals surface area contributed by atoms with E-state index in [1.165, 1.54) is 12.1 Å². The summed E-state index contributed by atoms with van der Waals surface area (Å²) in [5.74, 6) is -0.320. The van der Waals surface area contributed by atoms with Crippen LogP contribution in [0.3, 0.4) is 0 Å². The number of carbonyl (C=O) groups excluding carboxylic acids is 1. The molecule has 0 heterocycles. The fraction of sp³-hybridized carbons (Fsp3) is 0.462. The van der Waals surface area contributed by atoms with Crippen molar-refractivity contribution in [3.63, 3.8) is 0 Å². The van der Waals surface area contributed by atoms with Gasteiger partial charge in [-0.05, 0) is 38.0 Å². The molecule has 0 bridgehead atoms. The molecule has 0 saturated heterocycles. The molecule has 0 spiro atoms. The number of benzene rings is 1. The van der Waals surface area contributed by atoms with Gasteiger partial charge in [-0.1, -0.05) is 29.8 Å². The summed E-state index contributed by atoms with van der Waals surface area (Å²) in [6, 6.07) is 4.19. The van der Waals surface area contributed by atoms with Gasteiger partial charge in [-0.3, -0.25) is 4.79 Å². The summed E-state index contributed by atoms with van der Waals surface area (Å²) in [7, 11) is 1.44. The fourth-order valence-corrected chi connectivity index (χ4v) is 3.06. The Morgan fingerprint density at radius 3 is 2.30 bits per heavy atom. The van der Waals surface area contributed by atoms with Crippen LogP contribution in [0.5, 0.6) is 0 Å². The van der Waals surface area contributed by atoms with Crippen LogP contribution in [0.4, 0.5) is 0 Å². The van der Waals surface area contributed by atoms with Crippen LogP contribution in [0.15, 0.2) is 27.6 Å². The predicted octanol–water partition coefficient (Wildman–Crippen LogP) is 3.69. The second kappa shape index (κ2) is 6.45. The Kier molecular flexibility index (Phi) is 5.63. The van der Waals surface area contributed by atoms with Gasteiger partial charge < -0.3 is 5.32 Å². The van der Waals surface area contributed by atoms with Crippen LogP contribution in [-0.2, 0) is 9.05 Å². The van der Waals surface area contributed by atoms with Crippen molar-refractivity contribution in [1.82, 2.24) is 5.32 Å². The molecule has 7 heteroatoms. The second-order valence-corrected chi connectivity index (χ2v) is 8.32. The largest absolute Gasteiger partial charge is 0.347 e. The first kappa shape index (κ1) is 17.5. The minimum Gasteiger partial charge on any atom is -0.347 e. The predicted molar refractivity (Wildman–Crippen MR) is 83.6 cm³/mol. The molecular weight excluding hydrogens is 366 g/mol. The van der Waals surface area contributed by atoms with Gasteiger partial charge in [0.05, 0.1) is 4.90 Å². The van der Waals surface area contributed by atoms with Crippen molar-refractivity contribution in [2.45, 2.75) is 44.0 Å². The highest BCUT2D eigenvalue weighted by Gasteiger charge is 2.23. The summed E-state index contributed by atoms with van der Waals surface area (Å²) in [5.41, 5.74) is -0.0638. The Bertz CT molecular complexity index is 612. The van der Waals surface area contributed by atoms with Gasteiger partial charge in [0, 0.05) is 26.3 Å². The molecule has 112 valence electrons. The highest BCUT2D eigenvalue weighted by molar-refractivity contribution is 9.10. The summed E-state index contributed by atoms with van der Waals surface area (Å²) in [5, 5.41) is 2.92. The van der Waals surface area contributed by atoms with E-state index in [9.17, 15) is 13.2 Å². The lowest BCUT2D eigenvalue weighted by atomic mass is 9.95. The molecular formula is C13H17BrClNO3S. The average molecular weight is 383 g/mol. The highest BCUT2D eigenvalue weighted by Crippen LogP contribution is 2.23. The van der Waals surface area contributed by atoms with Gasteiger partial charge in [0.15, 0.2) is 0 Å². The van der Waals surface area contributed by atoms with Crippen LogP contribution in [0, 0.1) is 0 Å². The van der Waals surface area contributed by atoms with Crippen LogP contribution in [0.1, 0.15) is 44.0 Å². The van der Waals surface area contributed by atoms with Gasteiger partial charge in [0.25, 0.3) is 15.0 Å². The Morgan fingerprint density at radius 1 is 1.30 bits per heavy atom. The number of rotatable bonds is 5. The van der Waals surface area contributed by atoms with E-state index in [1.54, 1.807) is 6.07 Å². The van der Waals surface area contributed by atoms with E-state index in [-0.39, 0.29) is 21.9 Å². The molecule has 0 aliphatic heterocycles. The monoisotopic (exact) mass is 381 g/mol. The van der Waals surface area contributed by atoms with Crippen molar-refractivity contribution in [3.8, 4) is 0 Å². The molecule has 4 nitrogen and oxygen atoms in total. The lowest BCUT2D eigenvalue weighted by molar-refractivity contribution is 0.0900. The molecule has 0 radical (unpaired) electrons. The molecule has 1 N–H and O–H groups in total. The molecule has 0 fully saturated rings. The maximum absolute atomic E-state index is 12.2. The third-order valence-corrected chi connectivity index (χ3v) is 5.18. The topological polar surface area (TPSA) is 63.2 Å². The highest BCUT2D eigenvalue weighted by atomic mass is 79.9. The minimum atomic E-state index is -3.87. The van der Waals surface area contributed by atoms with E-state index in [0.717, 1.165) is 12.8 Å². The molecule has 1 aromatic rings. The van der Waals surface area contributed by atoms with Gasteiger partial charge >= 0.3 is 0 Å². The number of halogens is 2. The quantitative estimate of drug-likeness (QED) is 0.790. The van der Waals surface area contributed by atoms with Crippen molar-refractivity contribution in [2.24, 2.45) is 0 Å². The zero-order chi connectivity index (χ0) is 15.6. The first-order chi connectivity index (χ1) is 9.11.